The minimum atomic E-state index is -0.158. The molecule has 2 amide bonds. The van der Waals surface area contributed by atoms with Crippen LogP contribution in [0, 0.1) is 0 Å². The van der Waals surface area contributed by atoms with Gasteiger partial charge in [0, 0.05) is 18.2 Å². The Morgan fingerprint density at radius 2 is 2.24 bits per heavy atom. The number of urea groups is 1. The second kappa shape index (κ2) is 6.24. The Kier molecular flexibility index (Phi) is 4.17. The van der Waals surface area contributed by atoms with E-state index in [0.29, 0.717) is 6.54 Å². The van der Waals surface area contributed by atoms with Crippen LogP contribution in [0.1, 0.15) is 12.8 Å². The zero-order valence-electron chi connectivity index (χ0n) is 11.5. The summed E-state index contributed by atoms with van der Waals surface area (Å²) in [6.07, 6.45) is 1.80. The van der Waals surface area contributed by atoms with Gasteiger partial charge in [0.05, 0.1) is 18.3 Å². The van der Waals surface area contributed by atoms with Gasteiger partial charge in [0.1, 0.15) is 5.00 Å². The maximum atomic E-state index is 12.2. The molecule has 2 aromatic rings. The van der Waals surface area contributed by atoms with E-state index in [1.807, 2.05) is 36.4 Å². The molecule has 1 aliphatic rings. The number of aliphatic hydroxyl groups excluding tert-OH is 1. The summed E-state index contributed by atoms with van der Waals surface area (Å²) in [6.45, 7) is 0.715. The first kappa shape index (κ1) is 14.0. The van der Waals surface area contributed by atoms with Crippen molar-refractivity contribution in [2.24, 2.45) is 0 Å². The third-order valence-electron chi connectivity index (χ3n) is 3.66. The molecule has 0 aliphatic carbocycles. The Morgan fingerprint density at radius 3 is 3.00 bits per heavy atom. The highest BCUT2D eigenvalue weighted by molar-refractivity contribution is 7.10. The lowest BCUT2D eigenvalue weighted by Gasteiger charge is -2.22. The topological polar surface area (TPSA) is 65.5 Å². The lowest BCUT2D eigenvalue weighted by Crippen LogP contribution is -2.40. The van der Waals surface area contributed by atoms with Gasteiger partial charge < -0.3 is 10.0 Å². The van der Waals surface area contributed by atoms with Crippen molar-refractivity contribution in [2.75, 3.05) is 18.5 Å². The van der Waals surface area contributed by atoms with Gasteiger partial charge in [-0.1, -0.05) is 30.3 Å². The zero-order valence-corrected chi connectivity index (χ0v) is 12.3. The van der Waals surface area contributed by atoms with Gasteiger partial charge in [0.25, 0.3) is 0 Å². The van der Waals surface area contributed by atoms with Crippen LogP contribution in [0.5, 0.6) is 0 Å². The Morgan fingerprint density at radius 1 is 1.43 bits per heavy atom. The van der Waals surface area contributed by atoms with Gasteiger partial charge in [-0.2, -0.15) is 4.37 Å². The van der Waals surface area contributed by atoms with Crippen molar-refractivity contribution in [3.8, 4) is 11.3 Å². The fraction of sp³-hybridized carbons (Fsp3) is 0.333. The molecule has 1 aromatic heterocycles. The summed E-state index contributed by atoms with van der Waals surface area (Å²) in [4.78, 5) is 13.9. The molecule has 1 aromatic carbocycles. The number of aromatic nitrogens is 1. The smallest absolute Gasteiger partial charge is 0.322 e. The van der Waals surface area contributed by atoms with Gasteiger partial charge >= 0.3 is 6.03 Å². The first-order valence-corrected chi connectivity index (χ1v) is 7.76. The van der Waals surface area contributed by atoms with Crippen LogP contribution in [0.2, 0.25) is 0 Å². The van der Waals surface area contributed by atoms with E-state index in [1.54, 1.807) is 4.90 Å². The Balaban J connectivity index is 1.69. The summed E-state index contributed by atoms with van der Waals surface area (Å²) in [5.41, 5.74) is 1.89. The van der Waals surface area contributed by atoms with E-state index in [1.165, 1.54) is 11.5 Å². The minimum Gasteiger partial charge on any atom is -0.394 e. The number of hydrogen-bond acceptors (Lipinski definition) is 4. The van der Waals surface area contributed by atoms with Gasteiger partial charge in [0.2, 0.25) is 0 Å². The van der Waals surface area contributed by atoms with Crippen molar-refractivity contribution in [2.45, 2.75) is 18.9 Å². The minimum absolute atomic E-state index is 0.0192. The number of nitrogens with zero attached hydrogens (tertiary/aromatic N) is 2. The van der Waals surface area contributed by atoms with Gasteiger partial charge in [-0.05, 0) is 24.4 Å². The number of rotatable bonds is 3. The number of amides is 2. The van der Waals surface area contributed by atoms with Gasteiger partial charge in [-0.25, -0.2) is 4.79 Å². The highest BCUT2D eigenvalue weighted by Gasteiger charge is 2.28. The molecule has 0 spiro atoms. The highest BCUT2D eigenvalue weighted by atomic mass is 32.1. The maximum Gasteiger partial charge on any atom is 0.322 e. The summed E-state index contributed by atoms with van der Waals surface area (Å²) in [6, 6.07) is 11.5. The van der Waals surface area contributed by atoms with Crippen LogP contribution in [0.4, 0.5) is 9.80 Å². The molecule has 0 bridgehead atoms. The van der Waals surface area contributed by atoms with Crippen molar-refractivity contribution >= 4 is 22.6 Å². The normalized spacial score (nSPS) is 18.0. The van der Waals surface area contributed by atoms with E-state index in [2.05, 4.69) is 9.69 Å². The van der Waals surface area contributed by atoms with E-state index in [-0.39, 0.29) is 18.7 Å². The molecule has 6 heteroatoms. The van der Waals surface area contributed by atoms with Crippen LogP contribution in [0.15, 0.2) is 36.4 Å². The second-order valence-corrected chi connectivity index (χ2v) is 5.85. The molecule has 0 radical (unpaired) electrons. The predicted octanol–water partition coefficient (Wildman–Crippen LogP) is 2.80. The Hall–Kier alpha value is -1.92. The lowest BCUT2D eigenvalue weighted by molar-refractivity contribution is 0.166. The van der Waals surface area contributed by atoms with Crippen LogP contribution < -0.4 is 5.32 Å². The summed E-state index contributed by atoms with van der Waals surface area (Å²) in [7, 11) is 0. The first-order chi connectivity index (χ1) is 10.3. The van der Waals surface area contributed by atoms with E-state index < -0.39 is 0 Å². The molecule has 2 heterocycles. The summed E-state index contributed by atoms with van der Waals surface area (Å²) >= 11 is 1.27. The summed E-state index contributed by atoms with van der Waals surface area (Å²) < 4.78 is 4.36. The summed E-state index contributed by atoms with van der Waals surface area (Å²) in [5.74, 6) is 0. The summed E-state index contributed by atoms with van der Waals surface area (Å²) in [5, 5.41) is 12.9. The van der Waals surface area contributed by atoms with Crippen molar-refractivity contribution in [3.05, 3.63) is 36.4 Å². The molecule has 2 N–H and O–H groups in total. The third-order valence-corrected chi connectivity index (χ3v) is 4.36. The van der Waals surface area contributed by atoms with Gasteiger partial charge in [0.15, 0.2) is 0 Å². The average molecular weight is 303 g/mol. The fourth-order valence-corrected chi connectivity index (χ4v) is 3.20. The van der Waals surface area contributed by atoms with Crippen molar-refractivity contribution in [3.63, 3.8) is 0 Å². The molecule has 21 heavy (non-hydrogen) atoms. The van der Waals surface area contributed by atoms with Crippen molar-refractivity contribution in [1.29, 1.82) is 0 Å². The molecule has 1 aliphatic heterocycles. The van der Waals surface area contributed by atoms with E-state index in [4.69, 9.17) is 0 Å². The quantitative estimate of drug-likeness (QED) is 0.916. The van der Waals surface area contributed by atoms with Crippen LogP contribution in [0.25, 0.3) is 11.3 Å². The van der Waals surface area contributed by atoms with E-state index >= 15 is 0 Å². The number of anilines is 1. The van der Waals surface area contributed by atoms with E-state index in [0.717, 1.165) is 29.1 Å². The molecule has 1 saturated heterocycles. The number of benzene rings is 1. The SMILES string of the molecule is O=C(Nc1cc(-c2ccccc2)ns1)N1CCCC1CO. The van der Waals surface area contributed by atoms with E-state index in [9.17, 15) is 9.90 Å². The molecule has 3 rings (SSSR count). The predicted molar refractivity (Wildman–Crippen MR) is 83.4 cm³/mol. The van der Waals surface area contributed by atoms with Crippen LogP contribution >= 0.6 is 11.5 Å². The molecular formula is C15H17N3O2S. The second-order valence-electron chi connectivity index (χ2n) is 5.04. The number of nitrogens with one attached hydrogen (secondary N) is 1. The van der Waals surface area contributed by atoms with Crippen molar-refractivity contribution in [1.82, 2.24) is 9.27 Å². The third kappa shape index (κ3) is 3.06. The number of hydrogen-bond donors (Lipinski definition) is 2. The number of carbonyl (C=O) groups is 1. The fourth-order valence-electron chi connectivity index (χ4n) is 2.55. The molecule has 110 valence electrons. The highest BCUT2D eigenvalue weighted by Crippen LogP contribution is 2.26. The molecule has 1 fully saturated rings. The Bertz CT molecular complexity index is 614. The standard InChI is InChI=1S/C15H17N3O2S/c19-10-12-7-4-8-18(12)15(20)16-14-9-13(17-21-14)11-5-2-1-3-6-11/h1-3,5-6,9,12,19H,4,7-8,10H2,(H,16,20). The molecular weight excluding hydrogens is 286 g/mol. The molecule has 1 unspecified atom stereocenters. The number of carbonyl (C=O) groups excluding carboxylic acids is 1. The number of likely N-dealkylation sites (tertiary alicyclic amines) is 1. The van der Waals surface area contributed by atoms with Crippen LogP contribution in [-0.4, -0.2) is 39.6 Å². The van der Waals surface area contributed by atoms with Gasteiger partial charge in [-0.15, -0.1) is 0 Å². The molecule has 5 nitrogen and oxygen atoms in total. The molecule has 0 saturated carbocycles. The zero-order chi connectivity index (χ0) is 14.7. The number of aliphatic hydroxyl groups is 1. The largest absolute Gasteiger partial charge is 0.394 e. The first-order valence-electron chi connectivity index (χ1n) is 6.98. The van der Waals surface area contributed by atoms with Gasteiger partial charge in [-0.3, -0.25) is 5.32 Å². The average Bonchev–Trinajstić information content (AvgIpc) is 3.16. The molecule has 1 atom stereocenters. The van der Waals surface area contributed by atoms with Crippen LogP contribution in [0.3, 0.4) is 0 Å². The van der Waals surface area contributed by atoms with Crippen molar-refractivity contribution < 1.29 is 9.90 Å². The van der Waals surface area contributed by atoms with Crippen LogP contribution in [-0.2, 0) is 0 Å². The lowest BCUT2D eigenvalue weighted by atomic mass is 10.2. The maximum absolute atomic E-state index is 12.2. The Labute approximate surface area is 127 Å². The monoisotopic (exact) mass is 303 g/mol.